The van der Waals surface area contributed by atoms with E-state index in [9.17, 15) is 19.6 Å². The first kappa shape index (κ1) is 43.9. The Kier molecular flexibility index (Phi) is 14.5. The van der Waals surface area contributed by atoms with Crippen molar-refractivity contribution in [3.05, 3.63) is 118 Å². The second kappa shape index (κ2) is 20.1. The van der Waals surface area contributed by atoms with Crippen LogP contribution < -0.4 is 30.7 Å². The van der Waals surface area contributed by atoms with Gasteiger partial charge in [0.2, 0.25) is 11.8 Å². The van der Waals surface area contributed by atoms with Crippen LogP contribution in [-0.4, -0.2) is 70.5 Å². The monoisotopic (exact) mass is 862 g/mol. The summed E-state index contributed by atoms with van der Waals surface area (Å²) in [6.45, 7) is 7.81. The number of carbonyl (C=O) groups is 3. The summed E-state index contributed by atoms with van der Waals surface area (Å²) in [5, 5.41) is 22.9. The van der Waals surface area contributed by atoms with Gasteiger partial charge in [-0.25, -0.2) is 4.79 Å². The number of likely N-dealkylation sites (tertiary alicyclic amines) is 1. The fraction of sp³-hybridized carbons (Fsp3) is 0.417. The lowest BCUT2D eigenvalue weighted by Crippen LogP contribution is -2.56. The van der Waals surface area contributed by atoms with Gasteiger partial charge in [-0.3, -0.25) is 14.9 Å². The molecule has 0 bridgehead atoms. The number of rotatable bonds is 17. The molecule has 3 atom stereocenters. The maximum atomic E-state index is 13.7. The minimum Gasteiger partial charge on any atom is -0.488 e. The number of carbonyl (C=O) groups excluding carboxylic acids is 3. The second-order valence-electron chi connectivity index (χ2n) is 16.7. The number of hydrogen-bond donors (Lipinski definition) is 4. The summed E-state index contributed by atoms with van der Waals surface area (Å²) < 4.78 is 12.7. The predicted octanol–water partition coefficient (Wildman–Crippen LogP) is 8.05. The molecular formula is C48H55ClN6O5S. The van der Waals surface area contributed by atoms with Crippen LogP contribution in [0.4, 0.5) is 4.79 Å². The first-order valence-corrected chi connectivity index (χ1v) is 22.6. The normalized spacial score (nSPS) is 18.8. The lowest BCUT2D eigenvalue weighted by molar-refractivity contribution is -0.132. The van der Waals surface area contributed by atoms with Crippen molar-refractivity contribution >= 4 is 41.2 Å². The Balaban J connectivity index is 0.927. The number of hydrogen-bond acceptors (Lipinski definition) is 8. The van der Waals surface area contributed by atoms with Crippen molar-refractivity contribution in [1.29, 1.82) is 5.26 Å². The van der Waals surface area contributed by atoms with Gasteiger partial charge >= 0.3 is 6.03 Å². The van der Waals surface area contributed by atoms with Crippen LogP contribution in [0.25, 0.3) is 11.1 Å². The van der Waals surface area contributed by atoms with Gasteiger partial charge in [-0.05, 0) is 92.5 Å². The van der Waals surface area contributed by atoms with Gasteiger partial charge < -0.3 is 30.3 Å². The van der Waals surface area contributed by atoms with Crippen LogP contribution in [0.2, 0.25) is 5.02 Å². The van der Waals surface area contributed by atoms with E-state index in [4.69, 9.17) is 21.1 Å². The van der Waals surface area contributed by atoms with Crippen LogP contribution in [0.5, 0.6) is 11.5 Å². The van der Waals surface area contributed by atoms with Crippen LogP contribution in [0.3, 0.4) is 0 Å². The third-order valence-electron chi connectivity index (χ3n) is 12.0. The molecule has 3 saturated heterocycles. The highest BCUT2D eigenvalue weighted by atomic mass is 35.5. The SMILES string of the molecule is Cc1c(COc2cc(OCc3cccc(C#N)c3)c(CNC(C)(C)C(=O)NC3CCN(C(=O)CCCC[C@H]4SC[C@H]5NC(=O)N[C@H]54)CC3)cc2Cl)cccc1-c1ccccc1. The molecular weight excluding hydrogens is 808 g/mol. The van der Waals surface area contributed by atoms with E-state index in [-0.39, 0.29) is 49.1 Å². The van der Waals surface area contributed by atoms with E-state index in [1.54, 1.807) is 18.2 Å². The first-order chi connectivity index (χ1) is 29.5. The highest BCUT2D eigenvalue weighted by molar-refractivity contribution is 8.00. The third kappa shape index (κ3) is 11.2. The molecule has 4 aromatic rings. The van der Waals surface area contributed by atoms with Crippen LogP contribution in [0.15, 0.2) is 84.9 Å². The lowest BCUT2D eigenvalue weighted by Gasteiger charge is -2.35. The van der Waals surface area contributed by atoms with Crippen molar-refractivity contribution in [2.75, 3.05) is 18.8 Å². The Bertz CT molecular complexity index is 2240. The van der Waals surface area contributed by atoms with Crippen LogP contribution >= 0.6 is 23.4 Å². The van der Waals surface area contributed by atoms with Gasteiger partial charge in [0.15, 0.2) is 0 Å². The number of benzene rings is 4. The molecule has 0 saturated carbocycles. The fourth-order valence-corrected chi connectivity index (χ4v) is 10.0. The van der Waals surface area contributed by atoms with Crippen LogP contribution in [-0.2, 0) is 29.3 Å². The van der Waals surface area contributed by atoms with Gasteiger partial charge in [-0.2, -0.15) is 17.0 Å². The zero-order valence-corrected chi connectivity index (χ0v) is 36.7. The molecule has 61 heavy (non-hydrogen) atoms. The summed E-state index contributed by atoms with van der Waals surface area (Å²) in [6, 6.07) is 29.8. The Hall–Kier alpha value is -5.22. The van der Waals surface area contributed by atoms with E-state index >= 15 is 0 Å². The summed E-state index contributed by atoms with van der Waals surface area (Å²) >= 11 is 8.78. The number of unbranched alkanes of at least 4 members (excludes halogenated alkanes) is 1. The molecule has 3 aliphatic rings. The van der Waals surface area contributed by atoms with Gasteiger partial charge in [0.25, 0.3) is 0 Å². The molecule has 4 N–H and O–H groups in total. The summed E-state index contributed by atoms with van der Waals surface area (Å²) in [4.78, 5) is 40.3. The van der Waals surface area contributed by atoms with Gasteiger partial charge in [0.05, 0.1) is 34.3 Å². The van der Waals surface area contributed by atoms with E-state index in [1.807, 2.05) is 73.0 Å². The largest absolute Gasteiger partial charge is 0.488 e. The van der Waals surface area contributed by atoms with E-state index in [0.29, 0.717) is 66.3 Å². The Morgan fingerprint density at radius 1 is 0.934 bits per heavy atom. The van der Waals surface area contributed by atoms with Crippen molar-refractivity contribution < 1.29 is 23.9 Å². The van der Waals surface area contributed by atoms with Crippen molar-refractivity contribution in [3.8, 4) is 28.7 Å². The van der Waals surface area contributed by atoms with Crippen molar-refractivity contribution in [1.82, 2.24) is 26.2 Å². The van der Waals surface area contributed by atoms with Crippen LogP contribution in [0.1, 0.15) is 80.2 Å². The first-order valence-electron chi connectivity index (χ1n) is 21.2. The molecule has 4 amide bonds. The molecule has 3 heterocycles. The summed E-state index contributed by atoms with van der Waals surface area (Å²) in [5.41, 5.74) is 5.63. The quantitative estimate of drug-likeness (QED) is 0.0617. The summed E-state index contributed by atoms with van der Waals surface area (Å²) in [7, 11) is 0. The van der Waals surface area contributed by atoms with Gasteiger partial charge in [0, 0.05) is 54.7 Å². The van der Waals surface area contributed by atoms with E-state index in [2.05, 4.69) is 58.5 Å². The number of ether oxygens (including phenoxy) is 2. The Morgan fingerprint density at radius 2 is 1.70 bits per heavy atom. The molecule has 3 aliphatic heterocycles. The maximum absolute atomic E-state index is 13.7. The van der Waals surface area contributed by atoms with Crippen molar-refractivity contribution in [3.63, 3.8) is 0 Å². The number of thioether (sulfide) groups is 1. The van der Waals surface area contributed by atoms with E-state index in [1.165, 1.54) is 0 Å². The fourth-order valence-electron chi connectivity index (χ4n) is 8.23. The molecule has 3 fully saturated rings. The number of amides is 4. The molecule has 7 rings (SSSR count). The number of piperidine rings is 1. The number of nitriles is 1. The number of fused-ring (bicyclic) bond motifs is 1. The highest BCUT2D eigenvalue weighted by Gasteiger charge is 2.42. The average molecular weight is 864 g/mol. The zero-order valence-electron chi connectivity index (χ0n) is 35.1. The third-order valence-corrected chi connectivity index (χ3v) is 13.8. The van der Waals surface area contributed by atoms with E-state index in [0.717, 1.165) is 58.4 Å². The molecule has 13 heteroatoms. The smallest absolute Gasteiger partial charge is 0.315 e. The number of nitrogens with zero attached hydrogens (tertiary/aromatic N) is 2. The maximum Gasteiger partial charge on any atom is 0.315 e. The van der Waals surface area contributed by atoms with Gasteiger partial charge in [0.1, 0.15) is 24.7 Å². The topological polar surface area (TPSA) is 145 Å². The zero-order chi connectivity index (χ0) is 42.9. The molecule has 0 unspecified atom stereocenters. The molecule has 0 aromatic heterocycles. The van der Waals surface area contributed by atoms with Crippen molar-refractivity contribution in [2.45, 2.75) is 108 Å². The molecule has 0 aliphatic carbocycles. The summed E-state index contributed by atoms with van der Waals surface area (Å²) in [5.74, 6) is 1.99. The Morgan fingerprint density at radius 3 is 2.49 bits per heavy atom. The molecule has 4 aromatic carbocycles. The highest BCUT2D eigenvalue weighted by Crippen LogP contribution is 2.36. The molecule has 320 valence electrons. The van der Waals surface area contributed by atoms with Gasteiger partial charge in [-0.1, -0.05) is 78.7 Å². The Labute approximate surface area is 368 Å². The molecule has 11 nitrogen and oxygen atoms in total. The molecule has 0 radical (unpaired) electrons. The minimum absolute atomic E-state index is 0.0360. The number of nitrogens with one attached hydrogen (secondary N) is 4. The van der Waals surface area contributed by atoms with Crippen LogP contribution in [0, 0.1) is 18.3 Å². The van der Waals surface area contributed by atoms with Crippen molar-refractivity contribution in [2.24, 2.45) is 0 Å². The number of halogens is 1. The lowest BCUT2D eigenvalue weighted by atomic mass is 9.97. The number of urea groups is 1. The minimum atomic E-state index is -0.941. The standard InChI is InChI=1S/C48H55ClN6O5S/c1-31-35(15-10-16-38(31)34-13-5-4-6-14-34)29-60-42-25-41(59-28-33-12-9-11-32(23-33)26-50)36(24-39(42)49)27-51-48(2,3)46(57)52-37-19-21-55(22-20-37)44(56)18-8-7-17-43-45-40(30-61-43)53-47(58)54-45/h4-6,9-16,23-25,37,40,43,45,51H,7-8,17-22,27-30H2,1-3H3,(H,52,57)(H2,53,54,58)/t40-,43-,45-/m1/s1. The van der Waals surface area contributed by atoms with Gasteiger partial charge in [-0.15, -0.1) is 0 Å². The second-order valence-corrected chi connectivity index (χ2v) is 18.4. The average Bonchev–Trinajstić information content (AvgIpc) is 3.83. The summed E-state index contributed by atoms with van der Waals surface area (Å²) in [6.07, 6.45) is 4.68. The molecule has 0 spiro atoms. The predicted molar refractivity (Wildman–Crippen MR) is 241 cm³/mol. The van der Waals surface area contributed by atoms with E-state index < -0.39 is 5.54 Å².